The number of nitrogens with zero attached hydrogens (tertiary/aromatic N) is 1. The van der Waals surface area contributed by atoms with Crippen molar-refractivity contribution in [1.29, 1.82) is 0 Å². The van der Waals surface area contributed by atoms with Crippen molar-refractivity contribution in [3.05, 3.63) is 22.4 Å². The average Bonchev–Trinajstić information content (AvgIpc) is 3.05. The maximum atomic E-state index is 12.6. The summed E-state index contributed by atoms with van der Waals surface area (Å²) in [6, 6.07) is 4.04. The average molecular weight is 361 g/mol. The topological polar surface area (TPSA) is 49.4 Å². The van der Waals surface area contributed by atoms with E-state index in [-0.39, 0.29) is 29.8 Å². The normalized spacial score (nSPS) is 33.9. The second-order valence-electron chi connectivity index (χ2n) is 8.62. The number of hydrogen-bond acceptors (Lipinski definition) is 3. The molecule has 4 nitrogen and oxygen atoms in total. The van der Waals surface area contributed by atoms with Crippen LogP contribution in [0.1, 0.15) is 62.8 Å². The van der Waals surface area contributed by atoms with Crippen molar-refractivity contribution in [2.24, 2.45) is 17.8 Å². The van der Waals surface area contributed by atoms with E-state index in [0.29, 0.717) is 0 Å². The minimum atomic E-state index is -0.0943. The van der Waals surface area contributed by atoms with E-state index in [9.17, 15) is 9.59 Å². The van der Waals surface area contributed by atoms with Gasteiger partial charge in [-0.3, -0.25) is 9.59 Å². The van der Waals surface area contributed by atoms with Crippen molar-refractivity contribution in [3.63, 3.8) is 0 Å². The summed E-state index contributed by atoms with van der Waals surface area (Å²) in [6.45, 7) is 2.01. The molecule has 2 amide bonds. The molecule has 0 unspecified atom stereocenters. The van der Waals surface area contributed by atoms with Gasteiger partial charge in [-0.25, -0.2) is 0 Å². The van der Waals surface area contributed by atoms with Crippen LogP contribution in [0.5, 0.6) is 0 Å². The van der Waals surface area contributed by atoms with E-state index in [0.717, 1.165) is 41.9 Å². The Bertz CT molecular complexity index is 619. The van der Waals surface area contributed by atoms with E-state index in [1.54, 1.807) is 23.3 Å². The molecule has 0 radical (unpaired) electrons. The number of carbonyl (C=O) groups excluding carboxylic acids is 2. The number of rotatable bonds is 5. The minimum absolute atomic E-state index is 0.00987. The van der Waals surface area contributed by atoms with Gasteiger partial charge in [-0.05, 0) is 74.6 Å². The summed E-state index contributed by atoms with van der Waals surface area (Å²) in [5.41, 5.74) is -0.00987. The summed E-state index contributed by atoms with van der Waals surface area (Å²) >= 11 is 1.65. The molecule has 1 N–H and O–H groups in total. The first kappa shape index (κ1) is 17.1. The van der Waals surface area contributed by atoms with E-state index in [2.05, 4.69) is 5.32 Å². The van der Waals surface area contributed by atoms with E-state index >= 15 is 0 Å². The SMILES string of the molecule is C[C@H](c1cccs1)N(C)C(=O)CC(=O)NC12CC3CC(CC(C3)C1)C2. The third-order valence-electron chi connectivity index (χ3n) is 6.68. The molecular weight excluding hydrogens is 332 g/mol. The van der Waals surface area contributed by atoms with Gasteiger partial charge < -0.3 is 10.2 Å². The molecule has 0 aromatic carbocycles. The highest BCUT2D eigenvalue weighted by molar-refractivity contribution is 7.10. The third-order valence-corrected chi connectivity index (χ3v) is 7.73. The highest BCUT2D eigenvalue weighted by atomic mass is 32.1. The van der Waals surface area contributed by atoms with Gasteiger partial charge >= 0.3 is 0 Å². The van der Waals surface area contributed by atoms with E-state index in [4.69, 9.17) is 0 Å². The molecule has 1 aromatic heterocycles. The van der Waals surface area contributed by atoms with Gasteiger partial charge in [-0.1, -0.05) is 6.07 Å². The molecule has 0 saturated heterocycles. The Balaban J connectivity index is 1.35. The molecule has 25 heavy (non-hydrogen) atoms. The summed E-state index contributed by atoms with van der Waals surface area (Å²) in [6.07, 6.45) is 7.41. The molecule has 4 aliphatic rings. The lowest BCUT2D eigenvalue weighted by atomic mass is 9.53. The highest BCUT2D eigenvalue weighted by Gasteiger charge is 2.51. The van der Waals surface area contributed by atoms with Gasteiger partial charge in [0.15, 0.2) is 0 Å². The molecule has 4 bridgehead atoms. The zero-order valence-electron chi connectivity index (χ0n) is 15.2. The van der Waals surface area contributed by atoms with Crippen LogP contribution >= 0.6 is 11.3 Å². The van der Waals surface area contributed by atoms with Crippen molar-refractivity contribution in [2.75, 3.05) is 7.05 Å². The zero-order valence-corrected chi connectivity index (χ0v) is 16.0. The van der Waals surface area contributed by atoms with Gasteiger partial charge in [-0.2, -0.15) is 0 Å². The summed E-state index contributed by atoms with van der Waals surface area (Å²) < 4.78 is 0. The Morgan fingerprint density at radius 3 is 2.36 bits per heavy atom. The van der Waals surface area contributed by atoms with E-state index in [1.165, 1.54) is 19.3 Å². The Labute approximate surface area is 154 Å². The summed E-state index contributed by atoms with van der Waals surface area (Å²) in [5, 5.41) is 5.32. The second kappa shape index (κ2) is 6.42. The van der Waals surface area contributed by atoms with Gasteiger partial charge in [-0.15, -0.1) is 11.3 Å². The minimum Gasteiger partial charge on any atom is -0.350 e. The fourth-order valence-electron chi connectivity index (χ4n) is 5.80. The van der Waals surface area contributed by atoms with Crippen LogP contribution in [0, 0.1) is 17.8 Å². The lowest BCUT2D eigenvalue weighted by Gasteiger charge is -2.56. The fraction of sp³-hybridized carbons (Fsp3) is 0.700. The van der Waals surface area contributed by atoms with E-state index < -0.39 is 0 Å². The molecule has 4 saturated carbocycles. The van der Waals surface area contributed by atoms with Crippen LogP contribution in [-0.2, 0) is 9.59 Å². The van der Waals surface area contributed by atoms with Gasteiger partial charge in [0, 0.05) is 17.5 Å². The van der Waals surface area contributed by atoms with Gasteiger partial charge in [0.1, 0.15) is 6.42 Å². The van der Waals surface area contributed by atoms with Crippen LogP contribution in [0.25, 0.3) is 0 Å². The Morgan fingerprint density at radius 2 is 1.84 bits per heavy atom. The monoisotopic (exact) mass is 360 g/mol. The van der Waals surface area contributed by atoms with Crippen molar-refractivity contribution in [2.45, 2.75) is 63.5 Å². The largest absolute Gasteiger partial charge is 0.350 e. The Hall–Kier alpha value is -1.36. The smallest absolute Gasteiger partial charge is 0.232 e. The lowest BCUT2D eigenvalue weighted by Crippen LogP contribution is -2.60. The number of hydrogen-bond donors (Lipinski definition) is 1. The zero-order chi connectivity index (χ0) is 17.6. The van der Waals surface area contributed by atoms with Gasteiger partial charge in [0.05, 0.1) is 6.04 Å². The first-order valence-electron chi connectivity index (χ1n) is 9.54. The molecule has 5 rings (SSSR count). The van der Waals surface area contributed by atoms with Crippen molar-refractivity contribution in [3.8, 4) is 0 Å². The van der Waals surface area contributed by atoms with Crippen LogP contribution in [0.3, 0.4) is 0 Å². The highest BCUT2D eigenvalue weighted by Crippen LogP contribution is 2.55. The van der Waals surface area contributed by atoms with Gasteiger partial charge in [0.2, 0.25) is 11.8 Å². The van der Waals surface area contributed by atoms with Crippen LogP contribution in [0.4, 0.5) is 0 Å². The molecular formula is C20H28N2O2S. The first-order valence-corrected chi connectivity index (χ1v) is 10.4. The van der Waals surface area contributed by atoms with E-state index in [1.807, 2.05) is 24.4 Å². The second-order valence-corrected chi connectivity index (χ2v) is 9.60. The molecule has 136 valence electrons. The number of amides is 2. The quantitative estimate of drug-likeness (QED) is 0.813. The molecule has 1 aromatic rings. The summed E-state index contributed by atoms with van der Waals surface area (Å²) in [4.78, 5) is 28.0. The van der Waals surface area contributed by atoms with Crippen LogP contribution < -0.4 is 5.32 Å². The third kappa shape index (κ3) is 3.35. The molecule has 4 aliphatic carbocycles. The molecule has 5 heteroatoms. The maximum Gasteiger partial charge on any atom is 0.232 e. The number of nitrogens with one attached hydrogen (secondary N) is 1. The molecule has 0 aliphatic heterocycles. The van der Waals surface area contributed by atoms with Gasteiger partial charge in [0.25, 0.3) is 0 Å². The first-order chi connectivity index (χ1) is 11.9. The fourth-order valence-corrected chi connectivity index (χ4v) is 6.63. The molecule has 4 fully saturated rings. The lowest BCUT2D eigenvalue weighted by molar-refractivity contribution is -0.138. The summed E-state index contributed by atoms with van der Waals surface area (Å²) in [5.74, 6) is 2.21. The standard InChI is InChI=1S/C20H28N2O2S/c1-13(17-4-3-5-25-17)22(2)19(24)9-18(23)21-20-10-14-6-15(11-20)8-16(7-14)12-20/h3-5,13-16H,6-12H2,1-2H3,(H,21,23)/t13-,14?,15?,16?,20?/m1/s1. The predicted molar refractivity (Wildman–Crippen MR) is 99.2 cm³/mol. The van der Waals surface area contributed by atoms with Crippen LogP contribution in [-0.4, -0.2) is 29.3 Å². The number of thiophene rings is 1. The number of carbonyl (C=O) groups is 2. The predicted octanol–water partition coefficient (Wildman–Crippen LogP) is 3.74. The van der Waals surface area contributed by atoms with Crippen LogP contribution in [0.2, 0.25) is 0 Å². The van der Waals surface area contributed by atoms with Crippen molar-refractivity contribution < 1.29 is 9.59 Å². The van der Waals surface area contributed by atoms with Crippen LogP contribution in [0.15, 0.2) is 17.5 Å². The molecule has 1 heterocycles. The Morgan fingerprint density at radius 1 is 1.24 bits per heavy atom. The van der Waals surface area contributed by atoms with Crippen molar-refractivity contribution >= 4 is 23.2 Å². The van der Waals surface area contributed by atoms with Crippen molar-refractivity contribution in [1.82, 2.24) is 10.2 Å². The maximum absolute atomic E-state index is 12.6. The summed E-state index contributed by atoms with van der Waals surface area (Å²) in [7, 11) is 1.80. The molecule has 0 spiro atoms. The Kier molecular flexibility index (Phi) is 4.38. The molecule has 1 atom stereocenters.